The summed E-state index contributed by atoms with van der Waals surface area (Å²) in [7, 11) is 0. The molecule has 1 aliphatic carbocycles. The molecule has 2 amide bonds. The molecule has 108 valence electrons. The van der Waals surface area contributed by atoms with E-state index >= 15 is 0 Å². The monoisotopic (exact) mass is 277 g/mol. The van der Waals surface area contributed by atoms with Gasteiger partial charge in [0, 0.05) is 12.7 Å². The molecule has 3 N–H and O–H groups in total. The van der Waals surface area contributed by atoms with Gasteiger partial charge in [-0.1, -0.05) is 13.3 Å². The third-order valence-electron chi connectivity index (χ3n) is 3.73. The van der Waals surface area contributed by atoms with Gasteiger partial charge in [-0.25, -0.2) is 9.59 Å². The molecule has 0 bridgehead atoms. The average molecular weight is 277 g/mol. The minimum atomic E-state index is -1.00. The number of carbonyl (C=O) groups is 2. The smallest absolute Gasteiger partial charge is 0.335 e. The quantitative estimate of drug-likeness (QED) is 0.765. The lowest BCUT2D eigenvalue weighted by Gasteiger charge is -2.38. The van der Waals surface area contributed by atoms with Crippen LogP contribution in [0, 0.1) is 5.41 Å². The number of nitrogens with zero attached hydrogens (tertiary/aromatic N) is 1. The Labute approximate surface area is 117 Å². The summed E-state index contributed by atoms with van der Waals surface area (Å²) >= 11 is 0. The summed E-state index contributed by atoms with van der Waals surface area (Å²) in [5.41, 5.74) is 0.924. The Bertz CT molecular complexity index is 512. The van der Waals surface area contributed by atoms with Crippen molar-refractivity contribution in [3.8, 4) is 0 Å². The molecule has 6 heteroatoms. The van der Waals surface area contributed by atoms with Crippen LogP contribution in [-0.4, -0.2) is 28.6 Å². The average Bonchev–Trinajstić information content (AvgIpc) is 2.41. The summed E-state index contributed by atoms with van der Waals surface area (Å²) in [5, 5.41) is 14.4. The Morgan fingerprint density at radius 1 is 1.40 bits per heavy atom. The van der Waals surface area contributed by atoms with E-state index in [1.807, 2.05) is 0 Å². The van der Waals surface area contributed by atoms with Gasteiger partial charge in [-0.05, 0) is 30.4 Å². The van der Waals surface area contributed by atoms with Crippen LogP contribution in [0.2, 0.25) is 0 Å². The molecule has 0 saturated heterocycles. The molecule has 0 aliphatic heterocycles. The van der Waals surface area contributed by atoms with Crippen LogP contribution < -0.4 is 10.6 Å². The van der Waals surface area contributed by atoms with Crippen LogP contribution in [0.1, 0.15) is 42.2 Å². The molecule has 1 aliphatic rings. The summed E-state index contributed by atoms with van der Waals surface area (Å²) in [6, 6.07) is 2.62. The minimum Gasteiger partial charge on any atom is -0.478 e. The first-order valence-electron chi connectivity index (χ1n) is 6.68. The van der Waals surface area contributed by atoms with Crippen molar-refractivity contribution in [2.75, 3.05) is 6.54 Å². The SMILES string of the molecule is CC1(CNC(=O)NCc2cc(C(=O)O)ccn2)CCC1. The number of rotatable bonds is 5. The molecule has 0 radical (unpaired) electrons. The molecule has 1 aromatic rings. The lowest BCUT2D eigenvalue weighted by atomic mass is 9.70. The van der Waals surface area contributed by atoms with Crippen molar-refractivity contribution in [3.05, 3.63) is 29.6 Å². The van der Waals surface area contributed by atoms with Crippen molar-refractivity contribution in [2.45, 2.75) is 32.7 Å². The molecule has 20 heavy (non-hydrogen) atoms. The maximum absolute atomic E-state index is 11.7. The molecule has 0 spiro atoms. The highest BCUT2D eigenvalue weighted by Crippen LogP contribution is 2.39. The Hall–Kier alpha value is -2.11. The van der Waals surface area contributed by atoms with E-state index in [4.69, 9.17) is 5.11 Å². The number of urea groups is 1. The van der Waals surface area contributed by atoms with E-state index in [1.165, 1.54) is 24.8 Å². The summed E-state index contributed by atoms with van der Waals surface area (Å²) in [6.45, 7) is 3.04. The van der Waals surface area contributed by atoms with Gasteiger partial charge in [-0.2, -0.15) is 0 Å². The van der Waals surface area contributed by atoms with Gasteiger partial charge in [0.25, 0.3) is 0 Å². The maximum atomic E-state index is 11.7. The number of amides is 2. The third-order valence-corrected chi connectivity index (χ3v) is 3.73. The second-order valence-corrected chi connectivity index (χ2v) is 5.54. The van der Waals surface area contributed by atoms with Crippen LogP contribution in [0.4, 0.5) is 4.79 Å². The molecule has 0 atom stereocenters. The maximum Gasteiger partial charge on any atom is 0.335 e. The predicted molar refractivity (Wildman–Crippen MR) is 73.4 cm³/mol. The van der Waals surface area contributed by atoms with Crippen LogP contribution in [0.25, 0.3) is 0 Å². The van der Waals surface area contributed by atoms with Gasteiger partial charge in [0.2, 0.25) is 0 Å². The van der Waals surface area contributed by atoms with Gasteiger partial charge >= 0.3 is 12.0 Å². The molecule has 6 nitrogen and oxygen atoms in total. The fourth-order valence-electron chi connectivity index (χ4n) is 2.19. The van der Waals surface area contributed by atoms with Crippen LogP contribution >= 0.6 is 0 Å². The summed E-state index contributed by atoms with van der Waals surface area (Å²) in [5.74, 6) is -1.00. The number of nitrogens with one attached hydrogen (secondary N) is 2. The normalized spacial score (nSPS) is 16.1. The predicted octanol–water partition coefficient (Wildman–Crippen LogP) is 1.77. The molecule has 1 fully saturated rings. The molecular formula is C14H19N3O3. The number of carbonyl (C=O) groups excluding carboxylic acids is 1. The van der Waals surface area contributed by atoms with Crippen molar-refractivity contribution in [1.82, 2.24) is 15.6 Å². The highest BCUT2D eigenvalue weighted by Gasteiger charge is 2.31. The van der Waals surface area contributed by atoms with Gasteiger partial charge in [0.15, 0.2) is 0 Å². The van der Waals surface area contributed by atoms with Crippen molar-refractivity contribution in [3.63, 3.8) is 0 Å². The Morgan fingerprint density at radius 2 is 2.15 bits per heavy atom. The van der Waals surface area contributed by atoms with E-state index in [1.54, 1.807) is 0 Å². The number of carboxylic acid groups (broad SMARTS) is 1. The van der Waals surface area contributed by atoms with E-state index < -0.39 is 5.97 Å². The molecular weight excluding hydrogens is 258 g/mol. The number of aromatic carboxylic acids is 1. The van der Waals surface area contributed by atoms with E-state index in [2.05, 4.69) is 22.5 Å². The highest BCUT2D eigenvalue weighted by atomic mass is 16.4. The topological polar surface area (TPSA) is 91.3 Å². The van der Waals surface area contributed by atoms with Gasteiger partial charge in [0.1, 0.15) is 0 Å². The standard InChI is InChI=1S/C14H19N3O3/c1-14(4-2-5-14)9-17-13(20)16-8-11-7-10(12(18)19)3-6-15-11/h3,6-7H,2,4-5,8-9H2,1H3,(H,18,19)(H2,16,17,20). The van der Waals surface area contributed by atoms with Gasteiger partial charge in [-0.15, -0.1) is 0 Å². The van der Waals surface area contributed by atoms with E-state index in [0.29, 0.717) is 12.2 Å². The molecule has 0 aromatic carbocycles. The first kappa shape index (κ1) is 14.3. The van der Waals surface area contributed by atoms with Crippen LogP contribution in [0.5, 0.6) is 0 Å². The molecule has 1 saturated carbocycles. The Morgan fingerprint density at radius 3 is 2.75 bits per heavy atom. The summed E-state index contributed by atoms with van der Waals surface area (Å²) in [4.78, 5) is 26.5. The summed E-state index contributed by atoms with van der Waals surface area (Å²) < 4.78 is 0. The molecule has 1 aromatic heterocycles. The number of hydrogen-bond donors (Lipinski definition) is 3. The van der Waals surface area contributed by atoms with Crippen molar-refractivity contribution < 1.29 is 14.7 Å². The largest absolute Gasteiger partial charge is 0.478 e. The Kier molecular flexibility index (Phi) is 4.22. The van der Waals surface area contributed by atoms with Gasteiger partial charge in [-0.3, -0.25) is 4.98 Å². The molecule has 1 heterocycles. The number of pyridine rings is 1. The van der Waals surface area contributed by atoms with Crippen molar-refractivity contribution in [2.24, 2.45) is 5.41 Å². The van der Waals surface area contributed by atoms with E-state index in [-0.39, 0.29) is 23.6 Å². The zero-order valence-corrected chi connectivity index (χ0v) is 11.5. The summed E-state index contributed by atoms with van der Waals surface area (Å²) in [6.07, 6.45) is 4.95. The Balaban J connectivity index is 1.78. The fourth-order valence-corrected chi connectivity index (χ4v) is 2.19. The lowest BCUT2D eigenvalue weighted by Crippen LogP contribution is -2.44. The second kappa shape index (κ2) is 5.90. The number of carboxylic acids is 1. The zero-order valence-electron chi connectivity index (χ0n) is 11.5. The van der Waals surface area contributed by atoms with Crippen LogP contribution in [0.15, 0.2) is 18.3 Å². The third kappa shape index (κ3) is 3.69. The van der Waals surface area contributed by atoms with Crippen molar-refractivity contribution >= 4 is 12.0 Å². The highest BCUT2D eigenvalue weighted by molar-refractivity contribution is 5.87. The zero-order chi connectivity index (χ0) is 14.6. The first-order chi connectivity index (χ1) is 9.48. The fraction of sp³-hybridized carbons (Fsp3) is 0.500. The van der Waals surface area contributed by atoms with Crippen LogP contribution in [0.3, 0.4) is 0 Å². The van der Waals surface area contributed by atoms with Crippen molar-refractivity contribution in [1.29, 1.82) is 0 Å². The van der Waals surface area contributed by atoms with E-state index in [9.17, 15) is 9.59 Å². The number of hydrogen-bond acceptors (Lipinski definition) is 3. The second-order valence-electron chi connectivity index (χ2n) is 5.54. The first-order valence-corrected chi connectivity index (χ1v) is 6.68. The van der Waals surface area contributed by atoms with Gasteiger partial charge < -0.3 is 15.7 Å². The lowest BCUT2D eigenvalue weighted by molar-refractivity contribution is 0.0696. The number of aromatic nitrogens is 1. The molecule has 0 unspecified atom stereocenters. The molecule has 2 rings (SSSR count). The minimum absolute atomic E-state index is 0.166. The van der Waals surface area contributed by atoms with Gasteiger partial charge in [0.05, 0.1) is 17.8 Å². The van der Waals surface area contributed by atoms with E-state index in [0.717, 1.165) is 12.8 Å². The van der Waals surface area contributed by atoms with Crippen LogP contribution in [-0.2, 0) is 6.54 Å².